The fraction of sp³-hybridized carbons (Fsp3) is 0.250. The smallest absolute Gasteiger partial charge is 0.325 e. The number of benzene rings is 2. The van der Waals surface area contributed by atoms with E-state index in [0.29, 0.717) is 23.1 Å². The number of aromatic nitrogens is 2. The first-order valence-corrected chi connectivity index (χ1v) is 8.54. The summed E-state index contributed by atoms with van der Waals surface area (Å²) in [7, 11) is 0. The zero-order chi connectivity index (χ0) is 18.7. The molecule has 2 aromatic carbocycles. The third kappa shape index (κ3) is 3.59. The van der Waals surface area contributed by atoms with Gasteiger partial charge in [-0.2, -0.15) is 0 Å². The molecule has 1 heterocycles. The first-order chi connectivity index (χ1) is 12.5. The summed E-state index contributed by atoms with van der Waals surface area (Å²) >= 11 is 0. The molecule has 3 aromatic rings. The largest absolute Gasteiger partial charge is 0.331 e. The van der Waals surface area contributed by atoms with Crippen LogP contribution in [0.4, 0.5) is 5.69 Å². The van der Waals surface area contributed by atoms with E-state index in [2.05, 4.69) is 5.32 Å². The Morgan fingerprint density at radius 2 is 1.62 bits per heavy atom. The lowest BCUT2D eigenvalue weighted by Gasteiger charge is -2.15. The maximum absolute atomic E-state index is 12.9. The van der Waals surface area contributed by atoms with Gasteiger partial charge in [-0.1, -0.05) is 44.2 Å². The van der Waals surface area contributed by atoms with Crippen molar-refractivity contribution in [2.45, 2.75) is 26.9 Å². The van der Waals surface area contributed by atoms with Gasteiger partial charge in [0.05, 0.1) is 10.9 Å². The fourth-order valence-corrected chi connectivity index (χ4v) is 2.92. The molecule has 1 aromatic heterocycles. The highest BCUT2D eigenvalue weighted by Crippen LogP contribution is 2.09. The lowest BCUT2D eigenvalue weighted by atomic mass is 10.2. The van der Waals surface area contributed by atoms with Gasteiger partial charge in [0.2, 0.25) is 5.91 Å². The molecule has 0 unspecified atom stereocenters. The van der Waals surface area contributed by atoms with Crippen LogP contribution in [-0.2, 0) is 17.9 Å². The van der Waals surface area contributed by atoms with E-state index >= 15 is 0 Å². The average Bonchev–Trinajstić information content (AvgIpc) is 2.63. The van der Waals surface area contributed by atoms with Crippen LogP contribution < -0.4 is 16.6 Å². The maximum atomic E-state index is 12.9. The lowest BCUT2D eigenvalue weighted by Crippen LogP contribution is -2.42. The molecule has 26 heavy (non-hydrogen) atoms. The van der Waals surface area contributed by atoms with Crippen molar-refractivity contribution in [3.8, 4) is 0 Å². The molecule has 0 fully saturated rings. The van der Waals surface area contributed by atoms with E-state index < -0.39 is 5.69 Å². The van der Waals surface area contributed by atoms with Gasteiger partial charge in [-0.25, -0.2) is 4.79 Å². The summed E-state index contributed by atoms with van der Waals surface area (Å²) in [5.41, 5.74) is 0.334. The van der Waals surface area contributed by atoms with Crippen molar-refractivity contribution in [3.05, 3.63) is 75.4 Å². The van der Waals surface area contributed by atoms with E-state index in [1.54, 1.807) is 36.4 Å². The molecule has 0 aliphatic rings. The maximum Gasteiger partial charge on any atom is 0.331 e. The van der Waals surface area contributed by atoms with Gasteiger partial charge in [0.15, 0.2) is 0 Å². The van der Waals surface area contributed by atoms with E-state index in [4.69, 9.17) is 0 Å². The molecule has 0 saturated heterocycles. The molecule has 6 heteroatoms. The van der Waals surface area contributed by atoms with Gasteiger partial charge in [0.25, 0.3) is 5.56 Å². The van der Waals surface area contributed by atoms with Crippen LogP contribution in [0.3, 0.4) is 0 Å². The Hall–Kier alpha value is -3.15. The molecular formula is C20H21N3O3. The zero-order valence-corrected chi connectivity index (χ0v) is 14.8. The summed E-state index contributed by atoms with van der Waals surface area (Å²) < 4.78 is 2.57. The minimum Gasteiger partial charge on any atom is -0.325 e. The molecular weight excluding hydrogens is 330 g/mol. The number of nitrogens with one attached hydrogen (secondary N) is 1. The minimum absolute atomic E-state index is 0.133. The molecule has 1 N–H and O–H groups in total. The van der Waals surface area contributed by atoms with Gasteiger partial charge in [-0.15, -0.1) is 0 Å². The Morgan fingerprint density at radius 1 is 0.962 bits per heavy atom. The predicted octanol–water partition coefficient (Wildman–Crippen LogP) is 2.46. The number of anilines is 1. The third-order valence-corrected chi connectivity index (χ3v) is 4.04. The van der Waals surface area contributed by atoms with Crippen LogP contribution in [0.25, 0.3) is 10.9 Å². The molecule has 3 rings (SSSR count). The molecule has 0 spiro atoms. The van der Waals surface area contributed by atoms with E-state index in [1.165, 1.54) is 9.13 Å². The topological polar surface area (TPSA) is 73.1 Å². The van der Waals surface area contributed by atoms with Crippen molar-refractivity contribution in [3.63, 3.8) is 0 Å². The summed E-state index contributed by atoms with van der Waals surface area (Å²) in [4.78, 5) is 38.0. The monoisotopic (exact) mass is 351 g/mol. The summed E-state index contributed by atoms with van der Waals surface area (Å²) in [6.07, 6.45) is 0. The van der Waals surface area contributed by atoms with Gasteiger partial charge in [-0.3, -0.25) is 18.7 Å². The zero-order valence-electron chi connectivity index (χ0n) is 14.8. The van der Waals surface area contributed by atoms with Crippen LogP contribution in [0.2, 0.25) is 0 Å². The first kappa shape index (κ1) is 17.7. The number of hydrogen-bond acceptors (Lipinski definition) is 3. The van der Waals surface area contributed by atoms with Crippen molar-refractivity contribution in [2.75, 3.05) is 5.32 Å². The molecule has 6 nitrogen and oxygen atoms in total. The Bertz CT molecular complexity index is 1050. The summed E-state index contributed by atoms with van der Waals surface area (Å²) in [5, 5.41) is 3.20. The molecule has 0 atom stereocenters. The fourth-order valence-electron chi connectivity index (χ4n) is 2.92. The second-order valence-corrected chi connectivity index (χ2v) is 6.61. The molecule has 134 valence electrons. The van der Waals surface area contributed by atoms with E-state index in [1.807, 2.05) is 32.0 Å². The highest BCUT2D eigenvalue weighted by atomic mass is 16.2. The van der Waals surface area contributed by atoms with Crippen molar-refractivity contribution in [1.29, 1.82) is 0 Å². The Kier molecular flexibility index (Phi) is 5.02. The Labute approximate surface area is 150 Å². The Morgan fingerprint density at radius 3 is 2.31 bits per heavy atom. The SMILES string of the molecule is CC(C)Cn1c(=O)c2ccccc2n(CC(=O)Nc2ccccc2)c1=O. The van der Waals surface area contributed by atoms with Crippen molar-refractivity contribution >= 4 is 22.5 Å². The number of para-hydroxylation sites is 2. The predicted molar refractivity (Wildman–Crippen MR) is 102 cm³/mol. The van der Waals surface area contributed by atoms with E-state index in [9.17, 15) is 14.4 Å². The van der Waals surface area contributed by atoms with Gasteiger partial charge in [-0.05, 0) is 30.2 Å². The second kappa shape index (κ2) is 7.39. The number of fused-ring (bicyclic) bond motifs is 1. The van der Waals surface area contributed by atoms with Gasteiger partial charge in [0.1, 0.15) is 6.54 Å². The first-order valence-electron chi connectivity index (χ1n) is 8.54. The van der Waals surface area contributed by atoms with Crippen LogP contribution in [0.1, 0.15) is 13.8 Å². The number of carbonyl (C=O) groups excluding carboxylic acids is 1. The number of carbonyl (C=O) groups is 1. The standard InChI is InChI=1S/C20H21N3O3/c1-14(2)12-23-19(25)16-10-6-7-11-17(16)22(20(23)26)13-18(24)21-15-8-4-3-5-9-15/h3-11,14H,12-13H2,1-2H3,(H,21,24). The van der Waals surface area contributed by atoms with Crippen LogP contribution in [0.15, 0.2) is 64.2 Å². The highest BCUT2D eigenvalue weighted by molar-refractivity contribution is 5.91. The van der Waals surface area contributed by atoms with Gasteiger partial charge >= 0.3 is 5.69 Å². The van der Waals surface area contributed by atoms with E-state index in [0.717, 1.165) is 0 Å². The van der Waals surface area contributed by atoms with Crippen LogP contribution in [0.5, 0.6) is 0 Å². The van der Waals surface area contributed by atoms with E-state index in [-0.39, 0.29) is 23.9 Å². The molecule has 0 bridgehead atoms. The quantitative estimate of drug-likeness (QED) is 0.767. The van der Waals surface area contributed by atoms with Gasteiger partial charge < -0.3 is 5.32 Å². The summed E-state index contributed by atoms with van der Waals surface area (Å²) in [5.74, 6) is -0.189. The van der Waals surface area contributed by atoms with Crippen molar-refractivity contribution in [2.24, 2.45) is 5.92 Å². The summed E-state index contributed by atoms with van der Waals surface area (Å²) in [6, 6.07) is 15.9. The van der Waals surface area contributed by atoms with Crippen molar-refractivity contribution < 1.29 is 4.79 Å². The molecule has 0 saturated carbocycles. The normalized spacial score (nSPS) is 11.0. The molecule has 1 amide bonds. The van der Waals surface area contributed by atoms with Crippen LogP contribution in [-0.4, -0.2) is 15.0 Å². The number of amides is 1. The Balaban J connectivity index is 2.05. The average molecular weight is 351 g/mol. The second-order valence-electron chi connectivity index (χ2n) is 6.61. The summed E-state index contributed by atoms with van der Waals surface area (Å²) in [6.45, 7) is 4.02. The number of nitrogens with zero attached hydrogens (tertiary/aromatic N) is 2. The van der Waals surface area contributed by atoms with Crippen molar-refractivity contribution in [1.82, 2.24) is 9.13 Å². The molecule has 0 aliphatic carbocycles. The lowest BCUT2D eigenvalue weighted by molar-refractivity contribution is -0.116. The third-order valence-electron chi connectivity index (χ3n) is 4.04. The number of hydrogen-bond donors (Lipinski definition) is 1. The molecule has 0 aliphatic heterocycles. The van der Waals surface area contributed by atoms with Crippen LogP contribution in [0, 0.1) is 5.92 Å². The van der Waals surface area contributed by atoms with Crippen LogP contribution >= 0.6 is 0 Å². The minimum atomic E-state index is -0.467. The molecule has 0 radical (unpaired) electrons. The highest BCUT2D eigenvalue weighted by Gasteiger charge is 2.15. The number of rotatable bonds is 5. The van der Waals surface area contributed by atoms with Gasteiger partial charge in [0, 0.05) is 12.2 Å².